The molecule has 0 aliphatic rings. The molecule has 0 aliphatic carbocycles. The predicted molar refractivity (Wildman–Crippen MR) is 93.5 cm³/mol. The van der Waals surface area contributed by atoms with Crippen LogP contribution in [0.15, 0.2) is 42.6 Å². The van der Waals surface area contributed by atoms with Gasteiger partial charge < -0.3 is 20.1 Å². The predicted octanol–water partition coefficient (Wildman–Crippen LogP) is 2.00. The van der Waals surface area contributed by atoms with Crippen molar-refractivity contribution in [2.45, 2.75) is 13.5 Å². The van der Waals surface area contributed by atoms with E-state index in [0.717, 1.165) is 5.56 Å². The summed E-state index contributed by atoms with van der Waals surface area (Å²) in [4.78, 5) is 27.2. The number of rotatable bonds is 8. The van der Waals surface area contributed by atoms with E-state index in [-0.39, 0.29) is 11.8 Å². The van der Waals surface area contributed by atoms with Gasteiger partial charge in [-0.05, 0) is 23.8 Å². The second kappa shape index (κ2) is 9.39. The Balaban J connectivity index is 1.89. The number of carbonyl (C=O) groups excluding carboxylic acids is 2. The van der Waals surface area contributed by atoms with Gasteiger partial charge in [-0.2, -0.15) is 0 Å². The lowest BCUT2D eigenvalue weighted by Crippen LogP contribution is -2.19. The van der Waals surface area contributed by atoms with Crippen LogP contribution in [0, 0.1) is 0 Å². The molecule has 0 fully saturated rings. The molecule has 0 spiro atoms. The summed E-state index contributed by atoms with van der Waals surface area (Å²) in [6, 6.07) is 10.4. The van der Waals surface area contributed by atoms with Crippen molar-refractivity contribution in [3.63, 3.8) is 0 Å². The smallest absolute Gasteiger partial charge is 0.255 e. The molecule has 7 nitrogen and oxygen atoms in total. The molecule has 2 rings (SSSR count). The zero-order valence-corrected chi connectivity index (χ0v) is 14.2. The van der Waals surface area contributed by atoms with Crippen LogP contribution in [-0.4, -0.2) is 37.1 Å². The van der Waals surface area contributed by atoms with Crippen molar-refractivity contribution < 1.29 is 19.1 Å². The number of pyridine rings is 1. The highest BCUT2D eigenvalue weighted by Gasteiger charge is 2.07. The second-order valence-electron chi connectivity index (χ2n) is 5.29. The van der Waals surface area contributed by atoms with Gasteiger partial charge in [0.2, 0.25) is 11.8 Å². The van der Waals surface area contributed by atoms with E-state index in [1.54, 1.807) is 43.5 Å². The number of benzene rings is 1. The van der Waals surface area contributed by atoms with Gasteiger partial charge in [0.05, 0.1) is 18.5 Å². The minimum Gasteiger partial charge on any atom is -0.475 e. The largest absolute Gasteiger partial charge is 0.475 e. The third-order valence-electron chi connectivity index (χ3n) is 3.29. The minimum absolute atomic E-state index is 0.0935. The minimum atomic E-state index is -0.235. The van der Waals surface area contributed by atoms with Crippen LogP contribution < -0.4 is 15.4 Å². The van der Waals surface area contributed by atoms with Crippen LogP contribution in [0.2, 0.25) is 0 Å². The molecule has 25 heavy (non-hydrogen) atoms. The number of methoxy groups -OCH3 is 1. The van der Waals surface area contributed by atoms with E-state index in [9.17, 15) is 9.59 Å². The second-order valence-corrected chi connectivity index (χ2v) is 5.29. The van der Waals surface area contributed by atoms with E-state index >= 15 is 0 Å². The Morgan fingerprint density at radius 1 is 1.08 bits per heavy atom. The first-order chi connectivity index (χ1) is 12.1. The molecule has 0 bridgehead atoms. The number of hydrogen-bond acceptors (Lipinski definition) is 5. The number of carbonyl (C=O) groups is 2. The number of nitrogens with zero attached hydrogens (tertiary/aromatic N) is 1. The molecule has 1 heterocycles. The van der Waals surface area contributed by atoms with Gasteiger partial charge in [0.25, 0.3) is 5.91 Å². The molecular formula is C18H21N3O4. The monoisotopic (exact) mass is 343 g/mol. The summed E-state index contributed by atoms with van der Waals surface area (Å²) in [6.07, 6.45) is 1.53. The third kappa shape index (κ3) is 6.23. The highest BCUT2D eigenvalue weighted by molar-refractivity contribution is 6.04. The van der Waals surface area contributed by atoms with Gasteiger partial charge in [-0.15, -0.1) is 0 Å². The van der Waals surface area contributed by atoms with Crippen LogP contribution in [0.25, 0.3) is 0 Å². The fourth-order valence-electron chi connectivity index (χ4n) is 1.97. The molecule has 2 N–H and O–H groups in total. The lowest BCUT2D eigenvalue weighted by molar-refractivity contribution is -0.119. The number of aromatic nitrogens is 1. The quantitative estimate of drug-likeness (QED) is 0.716. The first kappa shape index (κ1) is 18.4. The Morgan fingerprint density at radius 2 is 1.84 bits per heavy atom. The Bertz CT molecular complexity index is 699. The van der Waals surface area contributed by atoms with Gasteiger partial charge in [0.15, 0.2) is 0 Å². The van der Waals surface area contributed by atoms with Crippen LogP contribution >= 0.6 is 0 Å². The summed E-state index contributed by atoms with van der Waals surface area (Å²) in [5.41, 5.74) is 2.02. The van der Waals surface area contributed by atoms with E-state index in [1.807, 2.05) is 0 Å². The fraction of sp³-hybridized carbons (Fsp3) is 0.278. The molecule has 0 radical (unpaired) electrons. The molecule has 1 aromatic heterocycles. The lowest BCUT2D eigenvalue weighted by Gasteiger charge is -2.08. The molecule has 2 amide bonds. The van der Waals surface area contributed by atoms with Crippen LogP contribution in [-0.2, 0) is 16.1 Å². The zero-order chi connectivity index (χ0) is 18.1. The summed E-state index contributed by atoms with van der Waals surface area (Å²) in [6.45, 7) is 2.80. The lowest BCUT2D eigenvalue weighted by atomic mass is 10.1. The Hall–Kier alpha value is -2.93. The Morgan fingerprint density at radius 3 is 2.44 bits per heavy atom. The van der Waals surface area contributed by atoms with Crippen LogP contribution in [0.3, 0.4) is 0 Å². The molecule has 1 aromatic carbocycles. The molecule has 0 saturated carbocycles. The van der Waals surface area contributed by atoms with Gasteiger partial charge in [-0.3, -0.25) is 9.59 Å². The van der Waals surface area contributed by atoms with E-state index in [1.165, 1.54) is 13.1 Å². The topological polar surface area (TPSA) is 89.5 Å². The van der Waals surface area contributed by atoms with Crippen molar-refractivity contribution in [2.24, 2.45) is 0 Å². The first-order valence-electron chi connectivity index (χ1n) is 7.81. The molecule has 7 heteroatoms. The summed E-state index contributed by atoms with van der Waals surface area (Å²) in [7, 11) is 1.60. The van der Waals surface area contributed by atoms with Crippen molar-refractivity contribution in [2.75, 3.05) is 25.6 Å². The summed E-state index contributed by atoms with van der Waals surface area (Å²) < 4.78 is 10.3. The van der Waals surface area contributed by atoms with Crippen molar-refractivity contribution >= 4 is 17.5 Å². The maximum absolute atomic E-state index is 12.2. The zero-order valence-electron chi connectivity index (χ0n) is 14.2. The molecule has 0 saturated heterocycles. The summed E-state index contributed by atoms with van der Waals surface area (Å²) in [5, 5.41) is 5.48. The molecule has 0 aliphatic heterocycles. The van der Waals surface area contributed by atoms with Gasteiger partial charge in [-0.25, -0.2) is 4.98 Å². The number of anilines is 1. The maximum atomic E-state index is 12.2. The standard InChI is InChI=1S/C18H21N3O4/c1-13(22)19-11-14-3-5-15(6-4-14)18(23)21-16-7-8-17(20-12-16)25-10-9-24-2/h3-8,12H,9-11H2,1-2H3,(H,19,22)(H,21,23). The number of ether oxygens (including phenoxy) is 2. The van der Waals surface area contributed by atoms with Gasteiger partial charge in [0.1, 0.15) is 6.61 Å². The van der Waals surface area contributed by atoms with Crippen LogP contribution in [0.4, 0.5) is 5.69 Å². The highest BCUT2D eigenvalue weighted by atomic mass is 16.5. The van der Waals surface area contributed by atoms with Gasteiger partial charge in [0, 0.05) is 32.2 Å². The van der Waals surface area contributed by atoms with Crippen LogP contribution in [0.5, 0.6) is 5.88 Å². The first-order valence-corrected chi connectivity index (χ1v) is 7.81. The molecular weight excluding hydrogens is 322 g/mol. The fourth-order valence-corrected chi connectivity index (χ4v) is 1.97. The van der Waals surface area contributed by atoms with Crippen LogP contribution in [0.1, 0.15) is 22.8 Å². The Kier molecular flexibility index (Phi) is 6.91. The molecule has 0 atom stereocenters. The normalized spacial score (nSPS) is 10.2. The number of amides is 2. The van der Waals surface area contributed by atoms with Crippen molar-refractivity contribution in [1.82, 2.24) is 10.3 Å². The van der Waals surface area contributed by atoms with E-state index in [0.29, 0.717) is 36.9 Å². The summed E-state index contributed by atoms with van der Waals surface area (Å²) >= 11 is 0. The molecule has 0 unspecified atom stereocenters. The third-order valence-corrected chi connectivity index (χ3v) is 3.29. The Labute approximate surface area is 146 Å². The molecule has 2 aromatic rings. The van der Waals surface area contributed by atoms with Crippen molar-refractivity contribution in [3.8, 4) is 5.88 Å². The average Bonchev–Trinajstić information content (AvgIpc) is 2.62. The maximum Gasteiger partial charge on any atom is 0.255 e. The number of nitrogens with one attached hydrogen (secondary N) is 2. The summed E-state index contributed by atoms with van der Waals surface area (Å²) in [5.74, 6) is 0.141. The van der Waals surface area contributed by atoms with E-state index in [2.05, 4.69) is 15.6 Å². The number of hydrogen-bond donors (Lipinski definition) is 2. The highest BCUT2D eigenvalue weighted by Crippen LogP contribution is 2.13. The van der Waals surface area contributed by atoms with Gasteiger partial charge >= 0.3 is 0 Å². The average molecular weight is 343 g/mol. The van der Waals surface area contributed by atoms with Gasteiger partial charge in [-0.1, -0.05) is 12.1 Å². The van der Waals surface area contributed by atoms with E-state index < -0.39 is 0 Å². The van der Waals surface area contributed by atoms with Crippen molar-refractivity contribution in [3.05, 3.63) is 53.7 Å². The van der Waals surface area contributed by atoms with Crippen molar-refractivity contribution in [1.29, 1.82) is 0 Å². The SMILES string of the molecule is COCCOc1ccc(NC(=O)c2ccc(CNC(C)=O)cc2)cn1. The molecule has 132 valence electrons. The van der Waals surface area contributed by atoms with E-state index in [4.69, 9.17) is 9.47 Å².